The van der Waals surface area contributed by atoms with Crippen molar-refractivity contribution >= 4 is 22.2 Å². The molecule has 2 N–H and O–H groups in total. The van der Waals surface area contributed by atoms with Gasteiger partial charge in [-0.2, -0.15) is 0 Å². The van der Waals surface area contributed by atoms with Crippen molar-refractivity contribution < 1.29 is 4.79 Å². The molecule has 0 spiro atoms. The second-order valence-electron chi connectivity index (χ2n) is 5.68. The maximum absolute atomic E-state index is 12.6. The zero-order valence-electron chi connectivity index (χ0n) is 12.7. The smallest absolute Gasteiger partial charge is 0.256 e. The molecule has 1 atom stereocenters. The highest BCUT2D eigenvalue weighted by atomic mass is 32.1. The minimum Gasteiger partial charge on any atom is -0.353 e. The third-order valence-electron chi connectivity index (χ3n) is 4.06. The molecule has 1 aliphatic heterocycles. The third kappa shape index (κ3) is 2.51. The summed E-state index contributed by atoms with van der Waals surface area (Å²) in [6.45, 7) is 2.06. The number of rotatable bonds is 2. The molecule has 1 aromatic heterocycles. The van der Waals surface area contributed by atoms with Crippen LogP contribution in [0.15, 0.2) is 60.0 Å². The van der Waals surface area contributed by atoms with E-state index in [1.165, 1.54) is 5.56 Å². The van der Waals surface area contributed by atoms with Gasteiger partial charge in [-0.25, -0.2) is 0 Å². The number of amides is 1. The van der Waals surface area contributed by atoms with E-state index < -0.39 is 0 Å². The van der Waals surface area contributed by atoms with Crippen LogP contribution in [-0.2, 0) is 0 Å². The highest BCUT2D eigenvalue weighted by Crippen LogP contribution is 2.39. The average Bonchev–Trinajstić information content (AvgIpc) is 3.01. The Kier molecular flexibility index (Phi) is 3.39. The largest absolute Gasteiger partial charge is 0.353 e. The second kappa shape index (κ2) is 5.56. The van der Waals surface area contributed by atoms with Gasteiger partial charge >= 0.3 is 0 Å². The van der Waals surface area contributed by atoms with Gasteiger partial charge < -0.3 is 10.6 Å². The number of fused-ring (bicyclic) bond motifs is 1. The minimum absolute atomic E-state index is 0.0237. The van der Waals surface area contributed by atoms with Gasteiger partial charge in [-0.05, 0) is 18.1 Å². The molecule has 2 heterocycles. The highest BCUT2D eigenvalue weighted by molar-refractivity contribution is 7.15. The van der Waals surface area contributed by atoms with E-state index in [9.17, 15) is 4.79 Å². The maximum Gasteiger partial charge on any atom is 0.256 e. The van der Waals surface area contributed by atoms with Crippen molar-refractivity contribution in [2.24, 2.45) is 0 Å². The SMILES string of the molecule is Cc1ccc(C2NC(=O)c3c(-c4ccccc4)csc3N2)cc1. The first-order chi connectivity index (χ1) is 11.2. The van der Waals surface area contributed by atoms with E-state index in [2.05, 4.69) is 29.7 Å². The van der Waals surface area contributed by atoms with Crippen LogP contribution >= 0.6 is 11.3 Å². The van der Waals surface area contributed by atoms with Crippen LogP contribution in [0.3, 0.4) is 0 Å². The fourth-order valence-corrected chi connectivity index (χ4v) is 3.81. The van der Waals surface area contributed by atoms with Crippen molar-refractivity contribution in [3.8, 4) is 11.1 Å². The number of carbonyl (C=O) groups is 1. The monoisotopic (exact) mass is 320 g/mol. The van der Waals surface area contributed by atoms with E-state index >= 15 is 0 Å². The molecule has 0 aliphatic carbocycles. The number of aryl methyl sites for hydroxylation is 1. The molecule has 0 saturated heterocycles. The topological polar surface area (TPSA) is 41.1 Å². The lowest BCUT2D eigenvalue weighted by molar-refractivity contribution is 0.0937. The van der Waals surface area contributed by atoms with E-state index in [4.69, 9.17) is 0 Å². The first-order valence-corrected chi connectivity index (χ1v) is 8.41. The van der Waals surface area contributed by atoms with Crippen LogP contribution in [-0.4, -0.2) is 5.91 Å². The predicted molar refractivity (Wildman–Crippen MR) is 94.8 cm³/mol. The summed E-state index contributed by atoms with van der Waals surface area (Å²) >= 11 is 1.58. The number of thiophene rings is 1. The number of hydrogen-bond donors (Lipinski definition) is 2. The molecule has 0 radical (unpaired) electrons. The Morgan fingerprint density at radius 2 is 1.70 bits per heavy atom. The van der Waals surface area contributed by atoms with Crippen LogP contribution < -0.4 is 10.6 Å². The summed E-state index contributed by atoms with van der Waals surface area (Å²) in [4.78, 5) is 12.6. The zero-order valence-corrected chi connectivity index (χ0v) is 13.5. The van der Waals surface area contributed by atoms with Gasteiger partial charge in [0.1, 0.15) is 11.2 Å². The first kappa shape index (κ1) is 14.0. The van der Waals surface area contributed by atoms with Crippen molar-refractivity contribution in [3.63, 3.8) is 0 Å². The molecule has 0 fully saturated rings. The van der Waals surface area contributed by atoms with Crippen LogP contribution in [0.4, 0.5) is 5.00 Å². The van der Waals surface area contributed by atoms with Gasteiger partial charge in [-0.3, -0.25) is 4.79 Å². The number of carbonyl (C=O) groups excluding carboxylic acids is 1. The van der Waals surface area contributed by atoms with Gasteiger partial charge in [-0.15, -0.1) is 11.3 Å². The molecule has 2 aromatic carbocycles. The van der Waals surface area contributed by atoms with Gasteiger partial charge in [-0.1, -0.05) is 60.2 Å². The molecule has 4 heteroatoms. The molecular weight excluding hydrogens is 304 g/mol. The van der Waals surface area contributed by atoms with Crippen molar-refractivity contribution in [1.29, 1.82) is 0 Å². The third-order valence-corrected chi connectivity index (χ3v) is 4.98. The lowest BCUT2D eigenvalue weighted by atomic mass is 10.0. The van der Waals surface area contributed by atoms with Crippen LogP contribution in [0.2, 0.25) is 0 Å². The van der Waals surface area contributed by atoms with Gasteiger partial charge in [0, 0.05) is 10.9 Å². The average molecular weight is 320 g/mol. The van der Waals surface area contributed by atoms with Gasteiger partial charge in [0.2, 0.25) is 0 Å². The minimum atomic E-state index is -0.183. The lowest BCUT2D eigenvalue weighted by Crippen LogP contribution is -2.37. The van der Waals surface area contributed by atoms with Crippen LogP contribution in [0.5, 0.6) is 0 Å². The quantitative estimate of drug-likeness (QED) is 0.726. The summed E-state index contributed by atoms with van der Waals surface area (Å²) in [5, 5.41) is 9.48. The summed E-state index contributed by atoms with van der Waals surface area (Å²) in [5.74, 6) is -0.0237. The van der Waals surface area contributed by atoms with Gasteiger partial charge in [0.15, 0.2) is 0 Å². The van der Waals surface area contributed by atoms with Crippen LogP contribution in [0, 0.1) is 6.92 Å². The van der Waals surface area contributed by atoms with E-state index in [-0.39, 0.29) is 12.1 Å². The highest BCUT2D eigenvalue weighted by Gasteiger charge is 2.29. The Balaban J connectivity index is 1.70. The second-order valence-corrected chi connectivity index (χ2v) is 6.56. The Bertz CT molecular complexity index is 853. The standard InChI is InChI=1S/C19H16N2OS/c1-12-7-9-14(10-8-12)17-20-18(22)16-15(11-23-19(16)21-17)13-5-3-2-4-6-13/h2-11,17,21H,1H3,(H,20,22). The first-order valence-electron chi connectivity index (χ1n) is 7.53. The summed E-state index contributed by atoms with van der Waals surface area (Å²) in [7, 11) is 0. The summed E-state index contributed by atoms with van der Waals surface area (Å²) < 4.78 is 0. The molecule has 3 nitrogen and oxygen atoms in total. The molecule has 23 heavy (non-hydrogen) atoms. The Morgan fingerprint density at radius 3 is 2.43 bits per heavy atom. The summed E-state index contributed by atoms with van der Waals surface area (Å²) in [6, 6.07) is 18.2. The fraction of sp³-hybridized carbons (Fsp3) is 0.105. The Morgan fingerprint density at radius 1 is 0.957 bits per heavy atom. The predicted octanol–water partition coefficient (Wildman–Crippen LogP) is 4.58. The molecule has 1 aliphatic rings. The Hall–Kier alpha value is -2.59. The van der Waals surface area contributed by atoms with Crippen molar-refractivity contribution in [3.05, 3.63) is 76.7 Å². The molecule has 1 amide bonds. The molecule has 4 rings (SSSR count). The van der Waals surface area contributed by atoms with Crippen molar-refractivity contribution in [2.45, 2.75) is 13.1 Å². The van der Waals surface area contributed by atoms with E-state index in [0.717, 1.165) is 27.3 Å². The molecule has 0 bridgehead atoms. The van der Waals surface area contributed by atoms with E-state index in [0.29, 0.717) is 0 Å². The number of nitrogens with one attached hydrogen (secondary N) is 2. The number of hydrogen-bond acceptors (Lipinski definition) is 3. The molecule has 1 unspecified atom stereocenters. The lowest BCUT2D eigenvalue weighted by Gasteiger charge is -2.26. The molecular formula is C19H16N2OS. The normalized spacial score (nSPS) is 16.4. The van der Waals surface area contributed by atoms with Crippen LogP contribution in [0.1, 0.15) is 27.7 Å². The van der Waals surface area contributed by atoms with Gasteiger partial charge in [0.05, 0.1) is 5.56 Å². The van der Waals surface area contributed by atoms with Crippen molar-refractivity contribution in [2.75, 3.05) is 5.32 Å². The zero-order chi connectivity index (χ0) is 15.8. The van der Waals surface area contributed by atoms with Crippen molar-refractivity contribution in [1.82, 2.24) is 5.32 Å². The van der Waals surface area contributed by atoms with Crippen LogP contribution in [0.25, 0.3) is 11.1 Å². The van der Waals surface area contributed by atoms with Gasteiger partial charge in [0.25, 0.3) is 5.91 Å². The number of anilines is 1. The molecule has 114 valence electrons. The summed E-state index contributed by atoms with van der Waals surface area (Å²) in [6.07, 6.45) is -0.183. The fourth-order valence-electron chi connectivity index (χ4n) is 2.82. The maximum atomic E-state index is 12.6. The van der Waals surface area contributed by atoms with E-state index in [1.54, 1.807) is 11.3 Å². The summed E-state index contributed by atoms with van der Waals surface area (Å²) in [5.41, 5.74) is 5.06. The Labute approximate surface area is 139 Å². The van der Waals surface area contributed by atoms with E-state index in [1.807, 2.05) is 47.8 Å². The number of benzene rings is 2. The molecule has 0 saturated carbocycles. The molecule has 3 aromatic rings.